The van der Waals surface area contributed by atoms with E-state index in [4.69, 9.17) is 25.8 Å². The largest absolute Gasteiger partial charge is 0.479 e. The summed E-state index contributed by atoms with van der Waals surface area (Å²) >= 11 is 5.99. The zero-order valence-electron chi connectivity index (χ0n) is 12.2. The number of imidazole rings is 1. The molecule has 23 heavy (non-hydrogen) atoms. The number of carboxylic acids is 1. The molecule has 1 N–H and O–H groups in total. The van der Waals surface area contributed by atoms with E-state index in [0.29, 0.717) is 11.2 Å². The van der Waals surface area contributed by atoms with Crippen LogP contribution >= 0.6 is 11.6 Å². The number of carbonyl (C=O) groups is 1. The van der Waals surface area contributed by atoms with Crippen LogP contribution in [0.5, 0.6) is 0 Å². The Morgan fingerprint density at radius 1 is 1.30 bits per heavy atom. The maximum Gasteiger partial charge on any atom is 0.335 e. The standard InChI is InChI=1S/C13H13ClN4O5/c1-13(2)22-6-7(23-13)11(21-8(6)12(19)20)18-4-17-5-9(14)15-3-16-10(5)18/h3-4,6-8,11H,1-2H3,(H,19,20). The Morgan fingerprint density at radius 3 is 2.78 bits per heavy atom. The number of ether oxygens (including phenoxy) is 3. The summed E-state index contributed by atoms with van der Waals surface area (Å²) in [5.74, 6) is -2.01. The summed E-state index contributed by atoms with van der Waals surface area (Å²) in [4.78, 5) is 23.6. The molecule has 0 aliphatic carbocycles. The molecule has 2 fully saturated rings. The van der Waals surface area contributed by atoms with Crippen LogP contribution in [0.2, 0.25) is 5.15 Å². The Bertz CT molecular complexity index is 794. The Morgan fingerprint density at radius 2 is 2.04 bits per heavy atom. The fourth-order valence-electron chi connectivity index (χ4n) is 3.01. The van der Waals surface area contributed by atoms with Crippen molar-refractivity contribution in [1.29, 1.82) is 0 Å². The quantitative estimate of drug-likeness (QED) is 0.806. The van der Waals surface area contributed by atoms with Gasteiger partial charge < -0.3 is 19.3 Å². The van der Waals surface area contributed by atoms with E-state index in [-0.39, 0.29) is 5.15 Å². The summed E-state index contributed by atoms with van der Waals surface area (Å²) < 4.78 is 18.8. The normalized spacial score (nSPS) is 32.3. The maximum atomic E-state index is 11.5. The fourth-order valence-corrected chi connectivity index (χ4v) is 3.19. The number of hydrogen-bond acceptors (Lipinski definition) is 7. The molecule has 2 aromatic rings. The molecule has 4 heterocycles. The number of hydrogen-bond donors (Lipinski definition) is 1. The van der Waals surface area contributed by atoms with Crippen molar-refractivity contribution in [3.63, 3.8) is 0 Å². The van der Waals surface area contributed by atoms with Gasteiger partial charge in [-0.3, -0.25) is 4.57 Å². The molecule has 2 aromatic heterocycles. The molecule has 0 amide bonds. The average Bonchev–Trinajstić information content (AvgIpc) is 3.09. The van der Waals surface area contributed by atoms with Gasteiger partial charge in [0.15, 0.2) is 28.9 Å². The minimum atomic E-state index is -1.14. The average molecular weight is 341 g/mol. The Hall–Kier alpha value is -1.81. The third kappa shape index (κ3) is 2.19. The van der Waals surface area contributed by atoms with Gasteiger partial charge in [-0.2, -0.15) is 0 Å². The smallest absolute Gasteiger partial charge is 0.335 e. The van der Waals surface area contributed by atoms with Crippen LogP contribution in [0.1, 0.15) is 20.1 Å². The zero-order valence-corrected chi connectivity index (χ0v) is 13.0. The van der Waals surface area contributed by atoms with Gasteiger partial charge in [0.1, 0.15) is 24.1 Å². The number of aliphatic carboxylic acids is 1. The van der Waals surface area contributed by atoms with Gasteiger partial charge in [0.25, 0.3) is 0 Å². The van der Waals surface area contributed by atoms with Crippen molar-refractivity contribution < 1.29 is 24.1 Å². The van der Waals surface area contributed by atoms with E-state index in [0.717, 1.165) is 0 Å². The van der Waals surface area contributed by atoms with Crippen LogP contribution < -0.4 is 0 Å². The molecule has 9 nitrogen and oxygen atoms in total. The molecule has 0 bridgehead atoms. The van der Waals surface area contributed by atoms with Gasteiger partial charge in [0, 0.05) is 0 Å². The van der Waals surface area contributed by atoms with Crippen LogP contribution in [0.3, 0.4) is 0 Å². The summed E-state index contributed by atoms with van der Waals surface area (Å²) in [5.41, 5.74) is 0.847. The number of aromatic nitrogens is 4. The second-order valence-corrected chi connectivity index (χ2v) is 6.20. The first-order valence-corrected chi connectivity index (χ1v) is 7.32. The van der Waals surface area contributed by atoms with E-state index in [1.165, 1.54) is 12.7 Å². The second-order valence-electron chi connectivity index (χ2n) is 5.84. The predicted molar refractivity (Wildman–Crippen MR) is 75.7 cm³/mol. The highest BCUT2D eigenvalue weighted by Crippen LogP contribution is 2.43. The minimum absolute atomic E-state index is 0.210. The summed E-state index contributed by atoms with van der Waals surface area (Å²) in [6.45, 7) is 3.46. The predicted octanol–water partition coefficient (Wildman–Crippen LogP) is 0.982. The van der Waals surface area contributed by atoms with Gasteiger partial charge in [-0.15, -0.1) is 0 Å². The molecule has 4 rings (SSSR count). The van der Waals surface area contributed by atoms with Crippen molar-refractivity contribution >= 4 is 28.7 Å². The van der Waals surface area contributed by atoms with Crippen molar-refractivity contribution in [2.24, 2.45) is 0 Å². The Balaban J connectivity index is 1.78. The zero-order chi connectivity index (χ0) is 16.4. The molecule has 10 heteroatoms. The Kier molecular flexibility index (Phi) is 3.11. The van der Waals surface area contributed by atoms with E-state index in [2.05, 4.69) is 15.0 Å². The number of fused-ring (bicyclic) bond motifs is 2. The summed E-state index contributed by atoms with van der Waals surface area (Å²) in [5, 5.41) is 9.58. The van der Waals surface area contributed by atoms with Gasteiger partial charge in [-0.05, 0) is 13.8 Å². The lowest BCUT2D eigenvalue weighted by atomic mass is 10.1. The fraction of sp³-hybridized carbons (Fsp3) is 0.538. The summed E-state index contributed by atoms with van der Waals surface area (Å²) in [6, 6.07) is 0. The molecule has 2 aliphatic heterocycles. The molecule has 0 spiro atoms. The van der Waals surface area contributed by atoms with E-state index >= 15 is 0 Å². The van der Waals surface area contributed by atoms with E-state index < -0.39 is 36.3 Å². The third-order valence-corrected chi connectivity index (χ3v) is 4.14. The van der Waals surface area contributed by atoms with Gasteiger partial charge in [0.2, 0.25) is 0 Å². The van der Waals surface area contributed by atoms with Crippen LogP contribution in [-0.2, 0) is 19.0 Å². The van der Waals surface area contributed by atoms with Crippen LogP contribution in [0.4, 0.5) is 0 Å². The highest BCUT2D eigenvalue weighted by molar-refractivity contribution is 6.33. The first kappa shape index (κ1) is 14.8. The van der Waals surface area contributed by atoms with Crippen molar-refractivity contribution in [2.75, 3.05) is 0 Å². The van der Waals surface area contributed by atoms with Crippen LogP contribution in [0.15, 0.2) is 12.7 Å². The molecular formula is C13H13ClN4O5. The van der Waals surface area contributed by atoms with Crippen molar-refractivity contribution in [3.05, 3.63) is 17.8 Å². The second kappa shape index (κ2) is 4.84. The number of carboxylic acid groups (broad SMARTS) is 1. The molecule has 0 aromatic carbocycles. The summed E-state index contributed by atoms with van der Waals surface area (Å²) in [6.07, 6.45) is -0.411. The van der Waals surface area contributed by atoms with Gasteiger partial charge in [0.05, 0.1) is 6.33 Å². The highest BCUT2D eigenvalue weighted by atomic mass is 35.5. The Labute approximate surface area is 135 Å². The van der Waals surface area contributed by atoms with E-state index in [1.54, 1.807) is 18.4 Å². The van der Waals surface area contributed by atoms with Gasteiger partial charge >= 0.3 is 5.97 Å². The lowest BCUT2D eigenvalue weighted by Gasteiger charge is -2.23. The SMILES string of the molecule is CC1(C)OC2C(C(=O)O)OC(n3cnc4c(Cl)ncnc43)C2O1. The highest BCUT2D eigenvalue weighted by Gasteiger charge is 2.58. The first-order valence-electron chi connectivity index (χ1n) is 6.94. The van der Waals surface area contributed by atoms with Crippen molar-refractivity contribution in [3.8, 4) is 0 Å². The molecule has 122 valence electrons. The van der Waals surface area contributed by atoms with Gasteiger partial charge in [-0.25, -0.2) is 19.7 Å². The molecular weight excluding hydrogens is 328 g/mol. The minimum Gasteiger partial charge on any atom is -0.479 e. The van der Waals surface area contributed by atoms with Crippen molar-refractivity contribution in [2.45, 2.75) is 44.2 Å². The lowest BCUT2D eigenvalue weighted by molar-refractivity contribution is -0.202. The van der Waals surface area contributed by atoms with E-state index in [9.17, 15) is 9.90 Å². The summed E-state index contributed by atoms with van der Waals surface area (Å²) in [7, 11) is 0. The van der Waals surface area contributed by atoms with Crippen LogP contribution in [0, 0.1) is 0 Å². The molecule has 2 aliphatic rings. The number of halogens is 1. The van der Waals surface area contributed by atoms with Gasteiger partial charge in [-0.1, -0.05) is 11.6 Å². The number of rotatable bonds is 2. The topological polar surface area (TPSA) is 109 Å². The van der Waals surface area contributed by atoms with Crippen LogP contribution in [-0.4, -0.2) is 54.7 Å². The molecule has 0 saturated carbocycles. The lowest BCUT2D eigenvalue weighted by Crippen LogP contribution is -2.35. The third-order valence-electron chi connectivity index (χ3n) is 3.86. The van der Waals surface area contributed by atoms with E-state index in [1.807, 2.05) is 0 Å². The van der Waals surface area contributed by atoms with Crippen LogP contribution in [0.25, 0.3) is 11.2 Å². The van der Waals surface area contributed by atoms with Crippen molar-refractivity contribution in [1.82, 2.24) is 19.5 Å². The molecule has 2 saturated heterocycles. The number of nitrogens with zero attached hydrogens (tertiary/aromatic N) is 4. The monoisotopic (exact) mass is 340 g/mol. The molecule has 0 radical (unpaired) electrons. The molecule has 4 unspecified atom stereocenters. The molecule has 4 atom stereocenters. The first-order chi connectivity index (χ1) is 10.9. The maximum absolute atomic E-state index is 11.5.